The van der Waals surface area contributed by atoms with Crippen LogP contribution in [0, 0.1) is 27.7 Å². The first-order valence-electron chi connectivity index (χ1n) is 47.0. The zero-order valence-electron chi connectivity index (χ0n) is 89.5. The number of likely N-dealkylation sites (tertiary alicyclic amines) is 2. The third-order valence-corrected chi connectivity index (χ3v) is 26.1. The standard InChI is InChI=1S/C26H37N5O2.C26H35N5O2.C20H26BNO5.C18H19N3O3.C7H16N2.C4H5BrN2.C2H4O2.B.2Na.H2O.H/c2*1-17(2)33-26(32)23-15-22-14-20(24-10-11-29(7)27-24)16-31(22)25(18(23)3)19(4)30-12-8-21(9-13-30)28(5)6;1-8-25-18(24)16-10-15-9-14(11-22(15)17(12(16)2)13(3)23)21-26-19(4,5)20(6,7)27-21;1-5-24-18(23)15-9-14-8-13(16-6-7-20(4)19-16)10-21(14)17(11(15)2)12(3)22;1-9(2)7-3-5-8-6-4-7;1-7-3-2-4(5)6-7;1-2(3)4;;;;;/h10-11,14-17,19,21H,8-9,12-13H2,1-7H3;10-11,14-17,21H,4,8-9,12-13H2,1-3,5-7H3;9-11H,8H2,1-7H3;6-10H,5H2,1-4H3;7-8H,3-6H2,1-2H3;2-3H,1H3;1H3,(H,3,4);;;;1H2;/q;;;;;;;;2*+1;;-1/p-1. The van der Waals surface area contributed by atoms with E-state index in [0.717, 1.165) is 159 Å². The van der Waals surface area contributed by atoms with Crippen LogP contribution in [-0.2, 0) is 61.2 Å². The molecule has 1 atom stereocenters. The fourth-order valence-electron chi connectivity index (χ4n) is 17.7. The van der Waals surface area contributed by atoms with E-state index in [0.29, 0.717) is 63.5 Å². The molecule has 0 spiro atoms. The summed E-state index contributed by atoms with van der Waals surface area (Å²) >= 11 is 3.20. The Morgan fingerprint density at radius 1 is 0.504 bits per heavy atom. The summed E-state index contributed by atoms with van der Waals surface area (Å²) in [4.78, 5) is 95.8. The molecule has 16 rings (SSSR count). The number of carboxylic acids is 1. The molecule has 0 aliphatic carbocycles. The molecule has 33 nitrogen and oxygen atoms in total. The summed E-state index contributed by atoms with van der Waals surface area (Å²) in [6.45, 7) is 44.3. The first-order valence-corrected chi connectivity index (χ1v) is 47.8. The monoisotopic (exact) mass is 2020 g/mol. The Hall–Kier alpha value is -9.60. The predicted molar refractivity (Wildman–Crippen MR) is 550 cm³/mol. The van der Waals surface area contributed by atoms with Gasteiger partial charge in [-0.25, -0.2) is 19.2 Å². The molecule has 12 aromatic heterocycles. The Labute approximate surface area is 886 Å². The van der Waals surface area contributed by atoms with Gasteiger partial charge in [0, 0.05) is 207 Å². The molecule has 12 aromatic rings. The molecule has 38 heteroatoms. The number of nitrogens with one attached hydrogen (secondary N) is 1. The average molecular weight is 2020 g/mol. The van der Waals surface area contributed by atoms with E-state index >= 15 is 0 Å². The average Bonchev–Trinajstić information content (AvgIpc) is 1.60. The van der Waals surface area contributed by atoms with Gasteiger partial charge in [-0.3, -0.25) is 38.0 Å². The smallest absolute Gasteiger partial charge is 1.00 e. The molecule has 0 bridgehead atoms. The maximum atomic E-state index is 13.0. The van der Waals surface area contributed by atoms with E-state index in [-0.39, 0.29) is 123 Å². The summed E-state index contributed by atoms with van der Waals surface area (Å²) in [5.74, 6) is -2.47. The van der Waals surface area contributed by atoms with E-state index in [9.17, 15) is 28.8 Å². The zero-order valence-corrected chi connectivity index (χ0v) is 94.0. The van der Waals surface area contributed by atoms with Crippen molar-refractivity contribution < 1.29 is 133 Å². The van der Waals surface area contributed by atoms with E-state index in [2.05, 4.69) is 162 Å². The molecule has 141 heavy (non-hydrogen) atoms. The van der Waals surface area contributed by atoms with Crippen LogP contribution in [0.15, 0.2) is 134 Å². The van der Waals surface area contributed by atoms with Crippen LogP contribution < -0.4 is 69.9 Å². The number of aryl methyl sites for hydroxylation is 4. The van der Waals surface area contributed by atoms with Gasteiger partial charge < -0.3 is 82.8 Å². The Morgan fingerprint density at radius 3 is 1.16 bits per heavy atom. The quantitative estimate of drug-likeness (QED) is 0.0292. The molecule has 1 unspecified atom stereocenters. The maximum absolute atomic E-state index is 13.0. The zero-order chi connectivity index (χ0) is 101. The van der Waals surface area contributed by atoms with Gasteiger partial charge in [-0.15, -0.1) is 0 Å². The van der Waals surface area contributed by atoms with E-state index in [1.165, 1.54) is 39.8 Å². The van der Waals surface area contributed by atoms with Gasteiger partial charge in [0.15, 0.2) is 11.6 Å². The van der Waals surface area contributed by atoms with E-state index < -0.39 is 36.2 Å². The van der Waals surface area contributed by atoms with E-state index in [1.54, 1.807) is 58.3 Å². The van der Waals surface area contributed by atoms with Gasteiger partial charge in [0.25, 0.3) is 5.97 Å². The fraction of sp³-hybridized carbons (Fsp3) is 0.485. The van der Waals surface area contributed by atoms with Crippen LogP contribution in [0.4, 0.5) is 0 Å². The number of fused-ring (bicyclic) bond motifs is 4. The Morgan fingerprint density at radius 2 is 0.830 bits per heavy atom. The van der Waals surface area contributed by atoms with Gasteiger partial charge in [-0.05, 0) is 309 Å². The number of Topliss-reactive ketones (excluding diaryl/α,β-unsaturated/α-hetero) is 2. The second kappa shape index (κ2) is 52.8. The van der Waals surface area contributed by atoms with E-state index in [1.807, 2.05) is 185 Å². The molecular formula is C103H144B2BrN18Na2O15. The summed E-state index contributed by atoms with van der Waals surface area (Å²) in [6, 6.07) is 25.4. The van der Waals surface area contributed by atoms with Gasteiger partial charge in [-0.1, -0.05) is 6.58 Å². The topological polar surface area (TPSA) is 342 Å². The van der Waals surface area contributed by atoms with Crippen molar-refractivity contribution in [1.82, 2.24) is 86.5 Å². The predicted octanol–water partition coefficient (Wildman–Crippen LogP) is 9.60. The minimum absolute atomic E-state index is 0. The van der Waals surface area contributed by atoms with Crippen molar-refractivity contribution in [2.75, 3.05) is 94.8 Å². The summed E-state index contributed by atoms with van der Waals surface area (Å²) in [5.41, 5.74) is 18.0. The number of aliphatic carboxylic acids is 1. The van der Waals surface area contributed by atoms with Crippen LogP contribution in [0.25, 0.3) is 61.5 Å². The number of rotatable bonds is 21. The Bertz CT molecular complexity index is 6260. The van der Waals surface area contributed by atoms with Crippen molar-refractivity contribution >= 4 is 106 Å². The third-order valence-electron chi connectivity index (χ3n) is 25.7. The Balaban J connectivity index is 0.000000310. The minimum Gasteiger partial charge on any atom is -1.00 e. The van der Waals surface area contributed by atoms with Crippen LogP contribution in [-0.4, -0.2) is 285 Å². The van der Waals surface area contributed by atoms with Crippen molar-refractivity contribution in [2.45, 2.75) is 211 Å². The molecule has 751 valence electrons. The molecule has 4 saturated heterocycles. The number of carbonyl (C=O) groups is 7. The van der Waals surface area contributed by atoms with Crippen LogP contribution in [0.5, 0.6) is 0 Å². The molecular weight excluding hydrogens is 1880 g/mol. The van der Waals surface area contributed by atoms with Crippen molar-refractivity contribution in [3.63, 3.8) is 0 Å². The summed E-state index contributed by atoms with van der Waals surface area (Å²) < 4.78 is 49.6. The number of pyridine rings is 4. The molecule has 3 radical (unpaired) electrons. The molecule has 3 N–H and O–H groups in total. The number of aromatic nitrogens is 12. The molecule has 0 amide bonds. The van der Waals surface area contributed by atoms with Crippen molar-refractivity contribution in [3.8, 4) is 33.8 Å². The minimum atomic E-state index is -0.833. The SMILES string of the molecule is C=C(c1c(C)c(C(=O)OC(C)C)cc2cc(-c3ccn(C)n3)cn12)N1CCC(N(C)C)CC1.CC(=O)O.CCOC(=O)c1cc2cc(-c3ccn(C)n3)cn2c(C(C)=O)c1C.CCOC(=O)c1cc2cc(B3OC(C)(C)C(C)(C)O3)cn2c(C(C)=O)c1C.CN(C)C1CCNCC1.Cc1c(C(=O)OC(C)C)cc2cc(-c3ccn(C)n3)cn2c1C(C)N1CCC(N(C)C)CC1.Cn1ccc(Br)n1.[B].[H-].[Na+].[Na+].[OH-]. The first-order chi connectivity index (χ1) is 64.5. The molecule has 0 saturated carbocycles. The number of carboxylic acid groups (broad SMARTS) is 1. The van der Waals surface area contributed by atoms with Crippen molar-refractivity contribution in [3.05, 3.63) is 201 Å². The van der Waals surface area contributed by atoms with Gasteiger partial charge in [0.1, 0.15) is 4.60 Å². The van der Waals surface area contributed by atoms with Crippen LogP contribution in [0.3, 0.4) is 0 Å². The van der Waals surface area contributed by atoms with Gasteiger partial charge in [0.2, 0.25) is 0 Å². The number of piperidine rings is 3. The van der Waals surface area contributed by atoms with Gasteiger partial charge >= 0.3 is 90.1 Å². The maximum Gasteiger partial charge on any atom is 1.00 e. The third kappa shape index (κ3) is 30.1. The number of halogens is 1. The second-order valence-electron chi connectivity index (χ2n) is 37.8. The number of ketones is 2. The largest absolute Gasteiger partial charge is 1.00 e. The van der Waals surface area contributed by atoms with Crippen molar-refractivity contribution in [2.24, 2.45) is 28.2 Å². The number of hydrogen-bond acceptors (Lipinski definition) is 24. The number of nitrogens with zero attached hydrogens (tertiary/aromatic N) is 17. The summed E-state index contributed by atoms with van der Waals surface area (Å²) in [6.07, 6.45) is 22.4. The Kier molecular flexibility index (Phi) is 45.0. The number of hydrogen-bond donors (Lipinski definition) is 2. The normalized spacial score (nSPS) is 14.9. The van der Waals surface area contributed by atoms with Crippen LogP contribution in [0.1, 0.15) is 239 Å². The van der Waals surface area contributed by atoms with Crippen LogP contribution >= 0.6 is 15.9 Å². The molecule has 0 aromatic carbocycles. The molecule has 16 heterocycles. The number of carbonyl (C=O) groups excluding carboxylic acids is 6. The number of ether oxygens (including phenoxy) is 4. The number of esters is 4. The van der Waals surface area contributed by atoms with E-state index in [4.69, 9.17) is 38.2 Å². The second-order valence-corrected chi connectivity index (χ2v) is 38.6. The van der Waals surface area contributed by atoms with Gasteiger partial charge in [-0.2, -0.15) is 20.4 Å². The summed E-state index contributed by atoms with van der Waals surface area (Å²) in [5, 5.41) is 28.2. The summed E-state index contributed by atoms with van der Waals surface area (Å²) in [7, 11) is 20.0. The molecule has 4 fully saturated rings. The van der Waals surface area contributed by atoms with Crippen LogP contribution in [0.2, 0.25) is 0 Å². The first kappa shape index (κ1) is 120. The van der Waals surface area contributed by atoms with Gasteiger partial charge in [0.05, 0.1) is 98.7 Å². The van der Waals surface area contributed by atoms with Crippen molar-refractivity contribution in [1.29, 1.82) is 0 Å². The fourth-order valence-corrected chi connectivity index (χ4v) is 18.1. The molecule has 4 aliphatic rings. The molecule has 4 aliphatic heterocycles.